The second-order valence-corrected chi connectivity index (χ2v) is 4.55. The Morgan fingerprint density at radius 1 is 1.06 bits per heavy atom. The van der Waals surface area contributed by atoms with Gasteiger partial charge in [0.25, 0.3) is 0 Å². The van der Waals surface area contributed by atoms with E-state index in [4.69, 9.17) is 5.73 Å². The Morgan fingerprint density at radius 2 is 1.75 bits per heavy atom. The van der Waals surface area contributed by atoms with E-state index in [2.05, 4.69) is 44.4 Å². The van der Waals surface area contributed by atoms with Crippen molar-refractivity contribution in [1.29, 1.82) is 0 Å². The van der Waals surface area contributed by atoms with Gasteiger partial charge in [-0.05, 0) is 44.4 Å². The van der Waals surface area contributed by atoms with Gasteiger partial charge in [-0.3, -0.25) is 0 Å². The number of benzene rings is 1. The highest BCUT2D eigenvalue weighted by atomic mass is 15.0. The van der Waals surface area contributed by atoms with Gasteiger partial charge in [0.05, 0.1) is 5.52 Å². The standard InChI is InChI=1S/C14H20N2/c1-9-5-6-13-11(3)12(4)16(8-7-15)14(13)10(9)2/h5-6H,7-8,15H2,1-4H3. The molecule has 2 nitrogen and oxygen atoms in total. The van der Waals surface area contributed by atoms with Crippen molar-refractivity contribution in [2.45, 2.75) is 34.2 Å². The first kappa shape index (κ1) is 11.2. The number of aryl methyl sites for hydroxylation is 3. The molecule has 0 atom stereocenters. The van der Waals surface area contributed by atoms with Crippen LogP contribution in [0.1, 0.15) is 22.4 Å². The van der Waals surface area contributed by atoms with Gasteiger partial charge in [0.2, 0.25) is 0 Å². The van der Waals surface area contributed by atoms with Crippen molar-refractivity contribution in [3.63, 3.8) is 0 Å². The molecule has 2 aromatic rings. The SMILES string of the molecule is Cc1ccc2c(C)c(C)n(CCN)c2c1C. The third kappa shape index (κ3) is 1.45. The molecule has 0 amide bonds. The summed E-state index contributed by atoms with van der Waals surface area (Å²) in [6.45, 7) is 10.3. The highest BCUT2D eigenvalue weighted by Crippen LogP contribution is 2.29. The number of hydrogen-bond donors (Lipinski definition) is 1. The highest BCUT2D eigenvalue weighted by Gasteiger charge is 2.12. The fourth-order valence-corrected chi connectivity index (χ4v) is 2.43. The van der Waals surface area contributed by atoms with Crippen LogP contribution in [-0.4, -0.2) is 11.1 Å². The molecule has 1 heterocycles. The molecule has 1 aromatic heterocycles. The lowest BCUT2D eigenvalue weighted by Crippen LogP contribution is -2.11. The van der Waals surface area contributed by atoms with Crippen LogP contribution in [0.25, 0.3) is 10.9 Å². The molecular formula is C14H20N2. The molecule has 0 spiro atoms. The maximum Gasteiger partial charge on any atom is 0.0517 e. The first-order valence-electron chi connectivity index (χ1n) is 5.83. The van der Waals surface area contributed by atoms with Crippen LogP contribution in [0.2, 0.25) is 0 Å². The summed E-state index contributed by atoms with van der Waals surface area (Å²) in [5.41, 5.74) is 12.5. The Morgan fingerprint density at radius 3 is 2.38 bits per heavy atom. The second-order valence-electron chi connectivity index (χ2n) is 4.55. The van der Waals surface area contributed by atoms with Crippen molar-refractivity contribution in [1.82, 2.24) is 4.57 Å². The zero-order valence-corrected chi connectivity index (χ0v) is 10.6. The number of aromatic nitrogens is 1. The maximum absolute atomic E-state index is 5.70. The second kappa shape index (κ2) is 3.95. The first-order chi connectivity index (χ1) is 7.57. The highest BCUT2D eigenvalue weighted by molar-refractivity contribution is 5.88. The van der Waals surface area contributed by atoms with Gasteiger partial charge in [0, 0.05) is 24.2 Å². The predicted molar refractivity (Wildman–Crippen MR) is 69.9 cm³/mol. The summed E-state index contributed by atoms with van der Waals surface area (Å²) >= 11 is 0. The summed E-state index contributed by atoms with van der Waals surface area (Å²) in [5, 5.41) is 1.37. The van der Waals surface area contributed by atoms with Gasteiger partial charge < -0.3 is 10.3 Å². The smallest absolute Gasteiger partial charge is 0.0517 e. The lowest BCUT2D eigenvalue weighted by molar-refractivity contribution is 0.711. The van der Waals surface area contributed by atoms with E-state index in [1.165, 1.54) is 33.3 Å². The molecule has 86 valence electrons. The first-order valence-corrected chi connectivity index (χ1v) is 5.83. The minimum absolute atomic E-state index is 0.692. The summed E-state index contributed by atoms with van der Waals surface area (Å²) in [5.74, 6) is 0. The minimum Gasteiger partial charge on any atom is -0.343 e. The predicted octanol–water partition coefficient (Wildman–Crippen LogP) is 2.83. The van der Waals surface area contributed by atoms with Gasteiger partial charge in [0.1, 0.15) is 0 Å². The van der Waals surface area contributed by atoms with Gasteiger partial charge in [-0.15, -0.1) is 0 Å². The molecule has 0 radical (unpaired) electrons. The zero-order chi connectivity index (χ0) is 11.9. The molecule has 0 fully saturated rings. The summed E-state index contributed by atoms with van der Waals surface area (Å²) < 4.78 is 2.35. The molecule has 2 rings (SSSR count). The van der Waals surface area contributed by atoms with Crippen molar-refractivity contribution in [2.75, 3.05) is 6.54 Å². The average molecular weight is 216 g/mol. The van der Waals surface area contributed by atoms with Crippen LogP contribution >= 0.6 is 0 Å². The Bertz CT molecular complexity index is 535. The molecule has 0 aliphatic heterocycles. The third-order valence-electron chi connectivity index (χ3n) is 3.68. The van der Waals surface area contributed by atoms with Gasteiger partial charge in [-0.1, -0.05) is 12.1 Å². The Hall–Kier alpha value is -1.28. The number of hydrogen-bond acceptors (Lipinski definition) is 1. The summed E-state index contributed by atoms with van der Waals surface area (Å²) in [7, 11) is 0. The van der Waals surface area contributed by atoms with Crippen LogP contribution in [0, 0.1) is 27.7 Å². The summed E-state index contributed by atoms with van der Waals surface area (Å²) in [6, 6.07) is 4.43. The Labute approximate surface area is 97.1 Å². The van der Waals surface area contributed by atoms with Gasteiger partial charge >= 0.3 is 0 Å². The molecule has 0 bridgehead atoms. The lowest BCUT2D eigenvalue weighted by Gasteiger charge is -2.09. The topological polar surface area (TPSA) is 30.9 Å². The number of rotatable bonds is 2. The van der Waals surface area contributed by atoms with Crippen LogP contribution in [0.3, 0.4) is 0 Å². The zero-order valence-electron chi connectivity index (χ0n) is 10.6. The number of nitrogens with two attached hydrogens (primary N) is 1. The fourth-order valence-electron chi connectivity index (χ4n) is 2.43. The summed E-state index contributed by atoms with van der Waals surface area (Å²) in [6.07, 6.45) is 0. The van der Waals surface area contributed by atoms with E-state index in [1.54, 1.807) is 0 Å². The van der Waals surface area contributed by atoms with Crippen molar-refractivity contribution < 1.29 is 0 Å². The molecule has 0 saturated heterocycles. The molecule has 0 aliphatic rings. The van der Waals surface area contributed by atoms with E-state index in [1.807, 2.05) is 0 Å². The van der Waals surface area contributed by atoms with Crippen LogP contribution in [0.4, 0.5) is 0 Å². The minimum atomic E-state index is 0.692. The molecular weight excluding hydrogens is 196 g/mol. The van der Waals surface area contributed by atoms with Gasteiger partial charge in [-0.25, -0.2) is 0 Å². The quantitative estimate of drug-likeness (QED) is 0.822. The average Bonchev–Trinajstić information content (AvgIpc) is 2.50. The van der Waals surface area contributed by atoms with Crippen LogP contribution in [-0.2, 0) is 6.54 Å². The van der Waals surface area contributed by atoms with Crippen LogP contribution in [0.15, 0.2) is 12.1 Å². The molecule has 1 aromatic carbocycles. The largest absolute Gasteiger partial charge is 0.343 e. The van der Waals surface area contributed by atoms with Gasteiger partial charge in [0.15, 0.2) is 0 Å². The molecule has 2 heteroatoms. The van der Waals surface area contributed by atoms with Crippen molar-refractivity contribution in [3.8, 4) is 0 Å². The maximum atomic E-state index is 5.70. The van der Waals surface area contributed by atoms with E-state index >= 15 is 0 Å². The fraction of sp³-hybridized carbons (Fsp3) is 0.429. The number of fused-ring (bicyclic) bond motifs is 1. The normalized spacial score (nSPS) is 11.3. The molecule has 0 saturated carbocycles. The molecule has 16 heavy (non-hydrogen) atoms. The Balaban J connectivity index is 2.86. The van der Waals surface area contributed by atoms with E-state index in [-0.39, 0.29) is 0 Å². The molecule has 2 N–H and O–H groups in total. The van der Waals surface area contributed by atoms with Crippen molar-refractivity contribution >= 4 is 10.9 Å². The third-order valence-corrected chi connectivity index (χ3v) is 3.68. The molecule has 0 aliphatic carbocycles. The van der Waals surface area contributed by atoms with Gasteiger partial charge in [-0.2, -0.15) is 0 Å². The van der Waals surface area contributed by atoms with E-state index < -0.39 is 0 Å². The lowest BCUT2D eigenvalue weighted by atomic mass is 10.0. The van der Waals surface area contributed by atoms with E-state index in [9.17, 15) is 0 Å². The van der Waals surface area contributed by atoms with Crippen LogP contribution in [0.5, 0.6) is 0 Å². The van der Waals surface area contributed by atoms with Crippen molar-refractivity contribution in [2.24, 2.45) is 5.73 Å². The molecule has 0 unspecified atom stereocenters. The van der Waals surface area contributed by atoms with Crippen LogP contribution < -0.4 is 5.73 Å². The summed E-state index contributed by atoms with van der Waals surface area (Å²) in [4.78, 5) is 0. The van der Waals surface area contributed by atoms with Crippen molar-refractivity contribution in [3.05, 3.63) is 34.5 Å². The van der Waals surface area contributed by atoms with E-state index in [0.717, 1.165) is 6.54 Å². The monoisotopic (exact) mass is 216 g/mol. The Kier molecular flexibility index (Phi) is 2.76. The van der Waals surface area contributed by atoms with E-state index in [0.29, 0.717) is 6.54 Å². The number of nitrogens with zero attached hydrogens (tertiary/aromatic N) is 1.